The highest BCUT2D eigenvalue weighted by molar-refractivity contribution is 7.89. The van der Waals surface area contributed by atoms with Gasteiger partial charge in [-0.3, -0.25) is 4.79 Å². The first-order valence-corrected chi connectivity index (χ1v) is 11.4. The van der Waals surface area contributed by atoms with Crippen LogP contribution in [0.5, 0.6) is 0 Å². The smallest absolute Gasteiger partial charge is 0.315 e. The first-order chi connectivity index (χ1) is 14.8. The molecule has 3 amide bonds. The molecule has 2 N–H and O–H groups in total. The Bertz CT molecular complexity index is 1040. The third kappa shape index (κ3) is 5.93. The van der Waals surface area contributed by atoms with E-state index in [4.69, 9.17) is 11.6 Å². The Labute approximate surface area is 185 Å². The second kappa shape index (κ2) is 10.1. The number of halogens is 2. The highest BCUT2D eigenvalue weighted by Crippen LogP contribution is 2.23. The summed E-state index contributed by atoms with van der Waals surface area (Å²) in [4.78, 5) is 25.6. The second-order valence-corrected chi connectivity index (χ2v) is 9.23. The first kappa shape index (κ1) is 23.0. The molecule has 1 saturated heterocycles. The van der Waals surface area contributed by atoms with Gasteiger partial charge in [-0.1, -0.05) is 41.9 Å². The van der Waals surface area contributed by atoms with Crippen molar-refractivity contribution in [3.8, 4) is 0 Å². The van der Waals surface area contributed by atoms with Crippen molar-refractivity contribution in [3.63, 3.8) is 0 Å². The minimum atomic E-state index is -3.85. The minimum Gasteiger partial charge on any atom is -0.339 e. The molecular formula is C20H22ClFN4O4S. The van der Waals surface area contributed by atoms with E-state index in [0.717, 1.165) is 23.8 Å². The van der Waals surface area contributed by atoms with Crippen molar-refractivity contribution in [2.45, 2.75) is 11.4 Å². The monoisotopic (exact) mass is 468 g/mol. The standard InChI is InChI=1S/C20H22ClFN4O4S/c21-17-12-16(6-7-18(17)22)31(29,30)26-10-8-25(9-11-26)19(27)14-24-20(28)23-13-15-4-2-1-3-5-15/h1-7,12H,8-11,13-14H2,(H2,23,24,28). The van der Waals surface area contributed by atoms with Gasteiger partial charge in [0.05, 0.1) is 16.5 Å². The van der Waals surface area contributed by atoms with E-state index in [1.54, 1.807) is 0 Å². The molecule has 1 aliphatic rings. The molecule has 31 heavy (non-hydrogen) atoms. The molecule has 2 aromatic carbocycles. The lowest BCUT2D eigenvalue weighted by Gasteiger charge is -2.34. The number of rotatable bonds is 6. The van der Waals surface area contributed by atoms with Crippen LogP contribution in [0.4, 0.5) is 9.18 Å². The molecule has 0 unspecified atom stereocenters. The number of sulfonamides is 1. The van der Waals surface area contributed by atoms with E-state index < -0.39 is 21.9 Å². The molecule has 0 aromatic heterocycles. The fourth-order valence-corrected chi connectivity index (χ4v) is 4.77. The molecule has 0 spiro atoms. The van der Waals surface area contributed by atoms with Gasteiger partial charge in [-0.05, 0) is 23.8 Å². The van der Waals surface area contributed by atoms with E-state index in [0.29, 0.717) is 6.54 Å². The first-order valence-electron chi connectivity index (χ1n) is 9.56. The molecule has 166 valence electrons. The fourth-order valence-electron chi connectivity index (χ4n) is 3.07. The number of nitrogens with zero attached hydrogens (tertiary/aromatic N) is 2. The average Bonchev–Trinajstić information content (AvgIpc) is 2.78. The molecule has 0 atom stereocenters. The predicted molar refractivity (Wildman–Crippen MR) is 113 cm³/mol. The highest BCUT2D eigenvalue weighted by Gasteiger charge is 2.30. The molecule has 11 heteroatoms. The molecular weight excluding hydrogens is 447 g/mol. The van der Waals surface area contributed by atoms with Gasteiger partial charge in [0.2, 0.25) is 15.9 Å². The lowest BCUT2D eigenvalue weighted by atomic mass is 10.2. The quantitative estimate of drug-likeness (QED) is 0.675. The SMILES string of the molecule is O=C(NCC(=O)N1CCN(S(=O)(=O)c2ccc(F)c(Cl)c2)CC1)NCc1ccccc1. The lowest BCUT2D eigenvalue weighted by molar-refractivity contribution is -0.131. The van der Waals surface area contributed by atoms with Crippen LogP contribution in [0.3, 0.4) is 0 Å². The number of hydrogen-bond acceptors (Lipinski definition) is 4. The van der Waals surface area contributed by atoms with Gasteiger partial charge in [0.1, 0.15) is 5.82 Å². The summed E-state index contributed by atoms with van der Waals surface area (Å²) < 4.78 is 40.0. The largest absolute Gasteiger partial charge is 0.339 e. The molecule has 1 aliphatic heterocycles. The van der Waals surface area contributed by atoms with E-state index in [1.165, 1.54) is 9.21 Å². The minimum absolute atomic E-state index is 0.0866. The van der Waals surface area contributed by atoms with Crippen LogP contribution in [0, 0.1) is 5.82 Å². The summed E-state index contributed by atoms with van der Waals surface area (Å²) in [6, 6.07) is 12.1. The van der Waals surface area contributed by atoms with Gasteiger partial charge < -0.3 is 15.5 Å². The van der Waals surface area contributed by atoms with Crippen LogP contribution >= 0.6 is 11.6 Å². The number of urea groups is 1. The topological polar surface area (TPSA) is 98.8 Å². The molecule has 8 nitrogen and oxygen atoms in total. The molecule has 2 aromatic rings. The summed E-state index contributed by atoms with van der Waals surface area (Å²) in [5, 5.41) is 4.90. The molecule has 3 rings (SSSR count). The van der Waals surface area contributed by atoms with E-state index in [2.05, 4.69) is 10.6 Å². The van der Waals surface area contributed by atoms with E-state index in [-0.39, 0.29) is 48.5 Å². The Balaban J connectivity index is 1.46. The number of nitrogens with one attached hydrogen (secondary N) is 2. The van der Waals surface area contributed by atoms with Crippen LogP contribution in [-0.2, 0) is 21.4 Å². The zero-order valence-electron chi connectivity index (χ0n) is 16.6. The van der Waals surface area contributed by atoms with Crippen LogP contribution in [0.2, 0.25) is 5.02 Å². The summed E-state index contributed by atoms with van der Waals surface area (Å²) in [7, 11) is -3.85. The van der Waals surface area contributed by atoms with Crippen LogP contribution in [-0.4, -0.2) is 62.3 Å². The highest BCUT2D eigenvalue weighted by atomic mass is 35.5. The Hall–Kier alpha value is -2.69. The van der Waals surface area contributed by atoms with E-state index >= 15 is 0 Å². The molecule has 0 radical (unpaired) electrons. The van der Waals surface area contributed by atoms with Crippen molar-refractivity contribution >= 4 is 33.6 Å². The van der Waals surface area contributed by atoms with Gasteiger partial charge in [0.25, 0.3) is 0 Å². The van der Waals surface area contributed by atoms with Gasteiger partial charge in [-0.15, -0.1) is 0 Å². The van der Waals surface area contributed by atoms with Crippen molar-refractivity contribution in [2.24, 2.45) is 0 Å². The molecule has 0 saturated carbocycles. The lowest BCUT2D eigenvalue weighted by Crippen LogP contribution is -2.53. The zero-order valence-corrected chi connectivity index (χ0v) is 18.1. The Morgan fingerprint density at radius 3 is 2.32 bits per heavy atom. The number of carbonyl (C=O) groups is 2. The molecule has 0 aliphatic carbocycles. The van der Waals surface area contributed by atoms with Gasteiger partial charge in [-0.2, -0.15) is 4.31 Å². The third-order valence-electron chi connectivity index (χ3n) is 4.82. The van der Waals surface area contributed by atoms with Crippen molar-refractivity contribution in [1.29, 1.82) is 0 Å². The van der Waals surface area contributed by atoms with Crippen molar-refractivity contribution in [1.82, 2.24) is 19.8 Å². The molecule has 1 heterocycles. The molecule has 0 bridgehead atoms. The predicted octanol–water partition coefficient (Wildman–Crippen LogP) is 1.81. The van der Waals surface area contributed by atoms with Gasteiger partial charge in [-0.25, -0.2) is 17.6 Å². The number of benzene rings is 2. The van der Waals surface area contributed by atoms with Crippen LogP contribution in [0.15, 0.2) is 53.4 Å². The normalized spacial score (nSPS) is 14.8. The van der Waals surface area contributed by atoms with Crippen LogP contribution in [0.1, 0.15) is 5.56 Å². The maximum atomic E-state index is 13.3. The fraction of sp³-hybridized carbons (Fsp3) is 0.300. The number of amides is 3. The van der Waals surface area contributed by atoms with Crippen molar-refractivity contribution in [2.75, 3.05) is 32.7 Å². The second-order valence-electron chi connectivity index (χ2n) is 6.88. The van der Waals surface area contributed by atoms with Crippen molar-refractivity contribution in [3.05, 3.63) is 64.9 Å². The summed E-state index contributed by atoms with van der Waals surface area (Å²) in [6.45, 7) is 0.679. The summed E-state index contributed by atoms with van der Waals surface area (Å²) in [5.74, 6) is -1.01. The molecule has 1 fully saturated rings. The van der Waals surface area contributed by atoms with Gasteiger partial charge in [0, 0.05) is 32.7 Å². The van der Waals surface area contributed by atoms with Crippen LogP contribution < -0.4 is 10.6 Å². The Morgan fingerprint density at radius 2 is 1.68 bits per heavy atom. The van der Waals surface area contributed by atoms with Crippen LogP contribution in [0.25, 0.3) is 0 Å². The Morgan fingerprint density at radius 1 is 1.00 bits per heavy atom. The van der Waals surface area contributed by atoms with E-state index in [1.807, 2.05) is 30.3 Å². The van der Waals surface area contributed by atoms with Crippen molar-refractivity contribution < 1.29 is 22.4 Å². The summed E-state index contributed by atoms with van der Waals surface area (Å²) in [6.07, 6.45) is 0. The number of carbonyl (C=O) groups excluding carboxylic acids is 2. The average molecular weight is 469 g/mol. The van der Waals surface area contributed by atoms with Gasteiger partial charge >= 0.3 is 6.03 Å². The summed E-state index contributed by atoms with van der Waals surface area (Å²) in [5.41, 5.74) is 0.934. The number of piperazine rings is 1. The summed E-state index contributed by atoms with van der Waals surface area (Å²) >= 11 is 5.69. The number of hydrogen-bond donors (Lipinski definition) is 2. The third-order valence-corrected chi connectivity index (χ3v) is 7.00. The Kier molecular flexibility index (Phi) is 7.47. The van der Waals surface area contributed by atoms with E-state index in [9.17, 15) is 22.4 Å². The maximum absolute atomic E-state index is 13.3. The zero-order chi connectivity index (χ0) is 22.4. The van der Waals surface area contributed by atoms with Gasteiger partial charge in [0.15, 0.2) is 0 Å². The maximum Gasteiger partial charge on any atom is 0.315 e.